The van der Waals surface area contributed by atoms with E-state index in [4.69, 9.17) is 0 Å². The number of nitrogens with one attached hydrogen (secondary N) is 3. The van der Waals surface area contributed by atoms with E-state index in [0.717, 1.165) is 24.3 Å². The van der Waals surface area contributed by atoms with Gasteiger partial charge in [-0.1, -0.05) is 6.92 Å². The Balaban J connectivity index is 1.92. The molecule has 0 aromatic heterocycles. The quantitative estimate of drug-likeness (QED) is 0.742. The van der Waals surface area contributed by atoms with Crippen LogP contribution in [-0.4, -0.2) is 30.9 Å². The largest absolute Gasteiger partial charge is 0.350 e. The van der Waals surface area contributed by atoms with Crippen LogP contribution in [0.15, 0.2) is 18.2 Å². The number of anilines is 1. The highest BCUT2D eigenvalue weighted by atomic mass is 16.2. The molecule has 2 amide bonds. The molecule has 2 atom stereocenters. The predicted octanol–water partition coefficient (Wildman–Crippen LogP) is 3.10. The first-order chi connectivity index (χ1) is 11.9. The van der Waals surface area contributed by atoms with Crippen LogP contribution in [0.2, 0.25) is 0 Å². The van der Waals surface area contributed by atoms with Crippen molar-refractivity contribution in [3.63, 3.8) is 0 Å². The fourth-order valence-electron chi connectivity index (χ4n) is 3.37. The Morgan fingerprint density at radius 3 is 2.64 bits per heavy atom. The van der Waals surface area contributed by atoms with Crippen molar-refractivity contribution in [2.75, 3.05) is 18.4 Å². The zero-order valence-corrected chi connectivity index (χ0v) is 15.8. The van der Waals surface area contributed by atoms with Crippen LogP contribution in [0.25, 0.3) is 0 Å². The Morgan fingerprint density at radius 1 is 1.28 bits per heavy atom. The Bertz CT molecular complexity index is 607. The van der Waals surface area contributed by atoms with Crippen LogP contribution >= 0.6 is 0 Å². The number of benzene rings is 1. The van der Waals surface area contributed by atoms with Gasteiger partial charge in [0, 0.05) is 23.7 Å². The molecule has 1 fully saturated rings. The Morgan fingerprint density at radius 2 is 2.04 bits per heavy atom. The number of carbonyl (C=O) groups excluding carboxylic acids is 2. The Kier molecular flexibility index (Phi) is 7.00. The molecule has 3 N–H and O–H groups in total. The minimum Gasteiger partial charge on any atom is -0.350 e. The molecule has 2 unspecified atom stereocenters. The van der Waals surface area contributed by atoms with Gasteiger partial charge in [-0.2, -0.15) is 0 Å². The van der Waals surface area contributed by atoms with E-state index in [9.17, 15) is 9.59 Å². The van der Waals surface area contributed by atoms with Crippen molar-refractivity contribution in [2.45, 2.75) is 53.0 Å². The number of hydrogen-bond acceptors (Lipinski definition) is 3. The summed E-state index contributed by atoms with van der Waals surface area (Å²) < 4.78 is 0. The molecule has 138 valence electrons. The third-order valence-electron chi connectivity index (χ3n) is 4.82. The highest BCUT2D eigenvalue weighted by Crippen LogP contribution is 2.23. The van der Waals surface area contributed by atoms with Crippen LogP contribution in [0.5, 0.6) is 0 Å². The van der Waals surface area contributed by atoms with Crippen molar-refractivity contribution < 1.29 is 9.59 Å². The second-order valence-corrected chi connectivity index (χ2v) is 7.49. The summed E-state index contributed by atoms with van der Waals surface area (Å²) in [5, 5.41) is 9.27. The van der Waals surface area contributed by atoms with E-state index >= 15 is 0 Å². The van der Waals surface area contributed by atoms with Gasteiger partial charge in [0.25, 0.3) is 5.91 Å². The highest BCUT2D eigenvalue weighted by Gasteiger charge is 2.22. The molecule has 0 radical (unpaired) electrons. The minimum absolute atomic E-state index is 0.0388. The second-order valence-electron chi connectivity index (χ2n) is 7.49. The number of piperidine rings is 1. The van der Waals surface area contributed by atoms with Crippen molar-refractivity contribution in [1.82, 2.24) is 10.6 Å². The van der Waals surface area contributed by atoms with Gasteiger partial charge in [0.05, 0.1) is 0 Å². The molecule has 5 heteroatoms. The number of carbonyl (C=O) groups is 2. The molecule has 1 aromatic carbocycles. The third kappa shape index (κ3) is 5.85. The summed E-state index contributed by atoms with van der Waals surface area (Å²) in [6.07, 6.45) is 2.91. The molecule has 25 heavy (non-hydrogen) atoms. The van der Waals surface area contributed by atoms with Gasteiger partial charge in [-0.3, -0.25) is 9.59 Å². The molecule has 0 spiro atoms. The first-order valence-electron chi connectivity index (χ1n) is 9.29. The molecule has 1 aromatic rings. The third-order valence-corrected chi connectivity index (χ3v) is 4.82. The molecule has 5 nitrogen and oxygen atoms in total. The summed E-state index contributed by atoms with van der Waals surface area (Å²) in [5.41, 5.74) is 2.26. The average Bonchev–Trinajstić information content (AvgIpc) is 2.54. The maximum absolute atomic E-state index is 12.3. The van der Waals surface area contributed by atoms with Crippen LogP contribution in [-0.2, 0) is 4.79 Å². The maximum Gasteiger partial charge on any atom is 0.251 e. The summed E-state index contributed by atoms with van der Waals surface area (Å²) in [4.78, 5) is 24.5. The zero-order valence-electron chi connectivity index (χ0n) is 15.8. The van der Waals surface area contributed by atoms with Gasteiger partial charge in [-0.15, -0.1) is 0 Å². The van der Waals surface area contributed by atoms with Crippen LogP contribution in [0.4, 0.5) is 5.69 Å². The summed E-state index contributed by atoms with van der Waals surface area (Å²) >= 11 is 0. The molecule has 1 saturated heterocycles. The molecular weight excluding hydrogens is 314 g/mol. The molecular formula is C20H31N3O2. The Labute approximate surface area is 151 Å². The van der Waals surface area contributed by atoms with Crippen molar-refractivity contribution >= 4 is 17.5 Å². The molecule has 0 saturated carbocycles. The number of aryl methyl sites for hydroxylation is 1. The molecule has 1 heterocycles. The summed E-state index contributed by atoms with van der Waals surface area (Å²) in [6.45, 7) is 10.0. The van der Waals surface area contributed by atoms with E-state index in [1.807, 2.05) is 26.8 Å². The fraction of sp³-hybridized carbons (Fsp3) is 0.600. The van der Waals surface area contributed by atoms with Gasteiger partial charge in [0.2, 0.25) is 5.91 Å². The lowest BCUT2D eigenvalue weighted by Gasteiger charge is -2.28. The Hall–Kier alpha value is -1.88. The van der Waals surface area contributed by atoms with Crippen molar-refractivity contribution in [2.24, 2.45) is 11.8 Å². The average molecular weight is 345 g/mol. The lowest BCUT2D eigenvalue weighted by Crippen LogP contribution is -2.34. The second kappa shape index (κ2) is 8.99. The fourth-order valence-corrected chi connectivity index (χ4v) is 3.37. The van der Waals surface area contributed by atoms with E-state index in [1.165, 1.54) is 12.8 Å². The molecule has 2 rings (SSSR count). The topological polar surface area (TPSA) is 70.2 Å². The molecule has 1 aliphatic rings. The molecule has 1 aliphatic heterocycles. The lowest BCUT2D eigenvalue weighted by molar-refractivity contribution is -0.117. The van der Waals surface area contributed by atoms with E-state index in [-0.39, 0.29) is 17.9 Å². The number of rotatable bonds is 6. The lowest BCUT2D eigenvalue weighted by atomic mass is 9.85. The van der Waals surface area contributed by atoms with Crippen LogP contribution in [0.1, 0.15) is 56.0 Å². The van der Waals surface area contributed by atoms with Crippen LogP contribution < -0.4 is 16.0 Å². The maximum atomic E-state index is 12.3. The summed E-state index contributed by atoms with van der Waals surface area (Å²) in [7, 11) is 0. The highest BCUT2D eigenvalue weighted by molar-refractivity contribution is 5.97. The standard InChI is InChI=1S/C20H31N3O2/c1-13(2)22-20(25)18-8-7-17(10-15(18)4)23-19(24)11-14(3)16-6-5-9-21-12-16/h7-8,10,13-14,16,21H,5-6,9,11-12H2,1-4H3,(H,22,25)(H,23,24). The van der Waals surface area contributed by atoms with Gasteiger partial charge in [0.1, 0.15) is 0 Å². The number of hydrogen-bond donors (Lipinski definition) is 3. The monoisotopic (exact) mass is 345 g/mol. The van der Waals surface area contributed by atoms with Crippen molar-refractivity contribution in [1.29, 1.82) is 0 Å². The normalized spacial score (nSPS) is 18.7. The van der Waals surface area contributed by atoms with Crippen LogP contribution in [0, 0.1) is 18.8 Å². The van der Waals surface area contributed by atoms with Crippen LogP contribution in [0.3, 0.4) is 0 Å². The first-order valence-corrected chi connectivity index (χ1v) is 9.29. The summed E-state index contributed by atoms with van der Waals surface area (Å²) in [6, 6.07) is 5.53. The smallest absolute Gasteiger partial charge is 0.251 e. The first kappa shape index (κ1) is 19.4. The molecule has 0 bridgehead atoms. The van der Waals surface area contributed by atoms with E-state index in [2.05, 4.69) is 22.9 Å². The van der Waals surface area contributed by atoms with Gasteiger partial charge in [-0.05, 0) is 82.3 Å². The molecule has 0 aliphatic carbocycles. The SMILES string of the molecule is Cc1cc(NC(=O)CC(C)C2CCCNC2)ccc1C(=O)NC(C)C. The van der Waals surface area contributed by atoms with Gasteiger partial charge >= 0.3 is 0 Å². The van der Waals surface area contributed by atoms with Crippen molar-refractivity contribution in [3.05, 3.63) is 29.3 Å². The van der Waals surface area contributed by atoms with Gasteiger partial charge in [0.15, 0.2) is 0 Å². The zero-order chi connectivity index (χ0) is 18.4. The summed E-state index contributed by atoms with van der Waals surface area (Å²) in [5.74, 6) is 0.897. The van der Waals surface area contributed by atoms with Gasteiger partial charge < -0.3 is 16.0 Å². The van der Waals surface area contributed by atoms with Gasteiger partial charge in [-0.25, -0.2) is 0 Å². The van der Waals surface area contributed by atoms with E-state index < -0.39 is 0 Å². The minimum atomic E-state index is -0.0798. The van der Waals surface area contributed by atoms with Crippen molar-refractivity contribution in [3.8, 4) is 0 Å². The van der Waals surface area contributed by atoms with E-state index in [0.29, 0.717) is 23.8 Å². The van der Waals surface area contributed by atoms with E-state index in [1.54, 1.807) is 12.1 Å². The predicted molar refractivity (Wildman–Crippen MR) is 102 cm³/mol. The number of amides is 2.